The summed E-state index contributed by atoms with van der Waals surface area (Å²) in [6, 6.07) is 0. The van der Waals surface area contributed by atoms with E-state index in [1.165, 1.54) is 0 Å². The van der Waals surface area contributed by atoms with Crippen molar-refractivity contribution >= 4 is 20.8 Å². The molecule has 0 aromatic heterocycles. The zero-order valence-electron chi connectivity index (χ0n) is 8.87. The third-order valence-electron chi connectivity index (χ3n) is 0.200. The molecule has 0 aromatic rings. The van der Waals surface area contributed by atoms with Crippen molar-refractivity contribution in [3.05, 3.63) is 0 Å². The van der Waals surface area contributed by atoms with Gasteiger partial charge in [-0.05, 0) is 0 Å². The second-order valence-corrected chi connectivity index (χ2v) is 2.97. The first kappa shape index (κ1) is 23.8. The van der Waals surface area contributed by atoms with E-state index in [0.29, 0.717) is 0 Å². The average molecular weight is 243 g/mol. The molecule has 0 aromatic carbocycles. The standard InChI is InChI=1S/Li.H3N.Na.H2O8S2.2H/c;;;1-9(2,3)7-8-10(4,5)6;;/h;1H3;;(H,1,2,3)(H,4,5,6);;/q+1;;+1;;2*-1. The van der Waals surface area contributed by atoms with Crippen molar-refractivity contribution in [2.75, 3.05) is 0 Å². The minimum atomic E-state index is -5.02. The first-order valence-corrected chi connectivity index (χ1v) is 4.26. The van der Waals surface area contributed by atoms with Gasteiger partial charge in [0.2, 0.25) is 0 Å². The Bertz CT molecular complexity index is 267. The maximum absolute atomic E-state index is 9.51. The Morgan fingerprint density at radius 3 is 1.15 bits per heavy atom. The molecular formula is H7LiNNaO8S2. The van der Waals surface area contributed by atoms with Crippen molar-refractivity contribution in [1.82, 2.24) is 6.15 Å². The van der Waals surface area contributed by atoms with Crippen LogP contribution in [0.1, 0.15) is 2.85 Å². The molecule has 0 amide bonds. The Hall–Kier alpha value is 1.30. The Kier molecular flexibility index (Phi) is 15.8. The van der Waals surface area contributed by atoms with Gasteiger partial charge < -0.3 is 9.00 Å². The van der Waals surface area contributed by atoms with Crippen molar-refractivity contribution in [3.63, 3.8) is 0 Å². The van der Waals surface area contributed by atoms with E-state index in [1.807, 2.05) is 0 Å². The molecule has 9 nitrogen and oxygen atoms in total. The fraction of sp³-hybridized carbons (Fsp3) is 0. The second kappa shape index (κ2) is 8.59. The number of hydrogen-bond donors (Lipinski definition) is 3. The van der Waals surface area contributed by atoms with Crippen LogP contribution in [0, 0.1) is 0 Å². The van der Waals surface area contributed by atoms with Crippen molar-refractivity contribution in [1.29, 1.82) is 0 Å². The van der Waals surface area contributed by atoms with E-state index in [-0.39, 0.29) is 57.4 Å². The van der Waals surface area contributed by atoms with Gasteiger partial charge in [-0.3, -0.25) is 9.11 Å². The maximum atomic E-state index is 9.51. The van der Waals surface area contributed by atoms with Crippen molar-refractivity contribution in [3.8, 4) is 0 Å². The Balaban J connectivity index is -0.0000000405. The van der Waals surface area contributed by atoms with Gasteiger partial charge in [0.25, 0.3) is 0 Å². The Morgan fingerprint density at radius 1 is 0.923 bits per heavy atom. The van der Waals surface area contributed by atoms with Crippen LogP contribution in [0.5, 0.6) is 0 Å². The van der Waals surface area contributed by atoms with Gasteiger partial charge in [0.15, 0.2) is 0 Å². The van der Waals surface area contributed by atoms with Crippen LogP contribution < -0.4 is 54.6 Å². The summed E-state index contributed by atoms with van der Waals surface area (Å²) in [5, 5.41) is 0. The molecule has 13 heavy (non-hydrogen) atoms. The first-order chi connectivity index (χ1) is 4.21. The molecule has 0 unspecified atom stereocenters. The average Bonchev–Trinajstić information content (AvgIpc) is 1.57. The zero-order valence-corrected chi connectivity index (χ0v) is 10.5. The SMILES string of the molecule is N.O=S(=O)(O)OOS(=O)(=O)O.[H-].[H-].[Li+].[Na+]. The molecule has 0 bridgehead atoms. The van der Waals surface area contributed by atoms with Crippen LogP contribution in [-0.4, -0.2) is 25.9 Å². The van der Waals surface area contributed by atoms with Crippen LogP contribution in [0.3, 0.4) is 0 Å². The normalized spacial score (nSPS) is 10.3. The zero-order chi connectivity index (χ0) is 8.41. The smallest absolute Gasteiger partial charge is 1.00 e. The largest absolute Gasteiger partial charge is 1.00 e. The summed E-state index contributed by atoms with van der Waals surface area (Å²) >= 11 is 0. The predicted molar refractivity (Wildman–Crippen MR) is 32.5 cm³/mol. The van der Waals surface area contributed by atoms with Gasteiger partial charge in [0, 0.05) is 0 Å². The molecule has 0 aliphatic carbocycles. The van der Waals surface area contributed by atoms with Crippen LogP contribution in [0.25, 0.3) is 0 Å². The van der Waals surface area contributed by atoms with E-state index in [2.05, 4.69) is 8.67 Å². The summed E-state index contributed by atoms with van der Waals surface area (Å²) in [5.74, 6) is 0. The predicted octanol–water partition coefficient (Wildman–Crippen LogP) is -7.06. The number of hydrogen-bond acceptors (Lipinski definition) is 7. The van der Waals surface area contributed by atoms with E-state index in [4.69, 9.17) is 9.11 Å². The van der Waals surface area contributed by atoms with Gasteiger partial charge in [0.1, 0.15) is 0 Å². The summed E-state index contributed by atoms with van der Waals surface area (Å²) in [4.78, 5) is 0. The molecule has 5 N–H and O–H groups in total. The summed E-state index contributed by atoms with van der Waals surface area (Å²) in [6.45, 7) is 0. The van der Waals surface area contributed by atoms with Crippen LogP contribution in [0.2, 0.25) is 0 Å². The van der Waals surface area contributed by atoms with Crippen LogP contribution >= 0.6 is 0 Å². The van der Waals surface area contributed by atoms with Crippen molar-refractivity contribution in [2.45, 2.75) is 0 Å². The van der Waals surface area contributed by atoms with Crippen LogP contribution in [0.15, 0.2) is 0 Å². The molecule has 0 saturated heterocycles. The number of rotatable bonds is 3. The van der Waals surface area contributed by atoms with Crippen molar-refractivity contribution < 1.29 is 85.9 Å². The van der Waals surface area contributed by atoms with Gasteiger partial charge in [0.05, 0.1) is 0 Å². The summed E-state index contributed by atoms with van der Waals surface area (Å²) in [7, 11) is -10.0. The molecule has 0 heterocycles. The van der Waals surface area contributed by atoms with Gasteiger partial charge in [-0.15, -0.1) is 0 Å². The van der Waals surface area contributed by atoms with E-state index in [1.54, 1.807) is 0 Å². The molecule has 0 atom stereocenters. The van der Waals surface area contributed by atoms with Crippen LogP contribution in [-0.2, 0) is 29.5 Å². The Labute approximate surface area is 112 Å². The van der Waals surface area contributed by atoms with E-state index < -0.39 is 20.8 Å². The third-order valence-corrected chi connectivity index (χ3v) is 0.766. The maximum Gasteiger partial charge on any atom is 1.00 e. The van der Waals surface area contributed by atoms with E-state index in [9.17, 15) is 16.8 Å². The molecule has 0 spiro atoms. The molecule has 74 valence electrons. The van der Waals surface area contributed by atoms with Gasteiger partial charge in [-0.1, -0.05) is 8.67 Å². The van der Waals surface area contributed by atoms with Gasteiger partial charge >= 0.3 is 69.2 Å². The summed E-state index contributed by atoms with van der Waals surface area (Å²) in [6.07, 6.45) is 0. The van der Waals surface area contributed by atoms with Gasteiger partial charge in [-0.25, -0.2) is 0 Å². The quantitative estimate of drug-likeness (QED) is 0.189. The summed E-state index contributed by atoms with van der Waals surface area (Å²) < 4.78 is 58.9. The topological polar surface area (TPSA) is 162 Å². The van der Waals surface area contributed by atoms with E-state index in [0.717, 1.165) is 0 Å². The van der Waals surface area contributed by atoms with Crippen LogP contribution in [0.4, 0.5) is 0 Å². The minimum absolute atomic E-state index is 0. The molecule has 0 aliphatic rings. The molecule has 0 radical (unpaired) electrons. The minimum Gasteiger partial charge on any atom is -1.00 e. The first-order valence-electron chi connectivity index (χ1n) is 1.53. The van der Waals surface area contributed by atoms with Gasteiger partial charge in [-0.2, -0.15) is 16.8 Å². The fourth-order valence-electron chi connectivity index (χ4n) is 0.0702. The second-order valence-electron chi connectivity index (χ2n) is 0.992. The molecule has 13 heteroatoms. The molecule has 0 fully saturated rings. The monoisotopic (exact) mass is 243 g/mol. The molecule has 0 aliphatic heterocycles. The molecule has 0 rings (SSSR count). The summed E-state index contributed by atoms with van der Waals surface area (Å²) in [5.41, 5.74) is 0. The molecular weight excluding hydrogens is 236 g/mol. The third kappa shape index (κ3) is 24.7. The fourth-order valence-corrected chi connectivity index (χ4v) is 0.632. The molecule has 0 saturated carbocycles. The van der Waals surface area contributed by atoms with E-state index >= 15 is 0 Å². The Morgan fingerprint density at radius 2 is 1.08 bits per heavy atom. The van der Waals surface area contributed by atoms with Crippen molar-refractivity contribution in [2.24, 2.45) is 0 Å².